The summed E-state index contributed by atoms with van der Waals surface area (Å²) >= 11 is 4.95. The van der Waals surface area contributed by atoms with E-state index in [0.717, 1.165) is 31.7 Å². The van der Waals surface area contributed by atoms with Crippen LogP contribution in [0.25, 0.3) is 0 Å². The summed E-state index contributed by atoms with van der Waals surface area (Å²) in [5.41, 5.74) is 5.15. The number of halogens is 3. The van der Waals surface area contributed by atoms with Gasteiger partial charge in [-0.3, -0.25) is 0 Å². The first-order valence-corrected chi connectivity index (χ1v) is 7.43. The number of nitrogens with zero attached hydrogens (tertiary/aromatic N) is 2. The Balaban J connectivity index is 2.39. The third-order valence-electron chi connectivity index (χ3n) is 3.59. The van der Waals surface area contributed by atoms with Gasteiger partial charge in [-0.15, -0.1) is 0 Å². The third kappa shape index (κ3) is 4.06. The van der Waals surface area contributed by atoms with Crippen LogP contribution >= 0.6 is 12.2 Å². The highest BCUT2D eigenvalue weighted by atomic mass is 32.1. The standard InChI is InChI=1S/C14H18F3N3S/c15-14(16,17)11-7-6-10(12(18)21)13(19-11)20-8-4-2-1-3-5-9-20/h6-7H,1-5,8-9H2,(H2,18,21). The predicted molar refractivity (Wildman–Crippen MR) is 80.4 cm³/mol. The smallest absolute Gasteiger partial charge is 0.389 e. The maximum atomic E-state index is 12.9. The lowest BCUT2D eigenvalue weighted by Gasteiger charge is -2.28. The maximum Gasteiger partial charge on any atom is 0.433 e. The molecule has 0 atom stereocenters. The molecule has 0 bridgehead atoms. The summed E-state index contributed by atoms with van der Waals surface area (Å²) in [6.45, 7) is 1.37. The van der Waals surface area contributed by atoms with Crippen molar-refractivity contribution in [1.82, 2.24) is 4.98 Å². The number of rotatable bonds is 2. The highest BCUT2D eigenvalue weighted by Gasteiger charge is 2.33. The SMILES string of the molecule is NC(=S)c1ccc(C(F)(F)F)nc1N1CCCCCCC1. The number of alkyl halides is 3. The van der Waals surface area contributed by atoms with E-state index in [1.165, 1.54) is 12.5 Å². The van der Waals surface area contributed by atoms with Crippen LogP contribution in [0.4, 0.5) is 19.0 Å². The monoisotopic (exact) mass is 317 g/mol. The van der Waals surface area contributed by atoms with Crippen molar-refractivity contribution in [2.45, 2.75) is 38.3 Å². The summed E-state index contributed by atoms with van der Waals surface area (Å²) in [6, 6.07) is 2.26. The zero-order valence-corrected chi connectivity index (χ0v) is 12.4. The van der Waals surface area contributed by atoms with Gasteiger partial charge < -0.3 is 10.6 Å². The van der Waals surface area contributed by atoms with Gasteiger partial charge in [0.1, 0.15) is 16.5 Å². The summed E-state index contributed by atoms with van der Waals surface area (Å²) in [5.74, 6) is 0.263. The highest BCUT2D eigenvalue weighted by Crippen LogP contribution is 2.31. The second kappa shape index (κ2) is 6.60. The molecule has 116 valence electrons. The van der Waals surface area contributed by atoms with Gasteiger partial charge in [-0.25, -0.2) is 4.98 Å². The van der Waals surface area contributed by atoms with Crippen LogP contribution < -0.4 is 10.6 Å². The molecule has 0 amide bonds. The van der Waals surface area contributed by atoms with Crippen LogP contribution in [0.2, 0.25) is 0 Å². The number of hydrogen-bond donors (Lipinski definition) is 1. The van der Waals surface area contributed by atoms with Crippen molar-refractivity contribution < 1.29 is 13.2 Å². The van der Waals surface area contributed by atoms with Crippen LogP contribution in [-0.4, -0.2) is 23.1 Å². The second-order valence-corrected chi connectivity index (χ2v) is 5.62. The largest absolute Gasteiger partial charge is 0.433 e. The van der Waals surface area contributed by atoms with Crippen LogP contribution in [-0.2, 0) is 6.18 Å². The van der Waals surface area contributed by atoms with Crippen LogP contribution in [0.5, 0.6) is 0 Å². The number of pyridine rings is 1. The van der Waals surface area contributed by atoms with E-state index in [-0.39, 0.29) is 10.8 Å². The quantitative estimate of drug-likeness (QED) is 0.848. The van der Waals surface area contributed by atoms with Gasteiger partial charge in [0.05, 0.1) is 5.56 Å². The van der Waals surface area contributed by atoms with Crippen molar-refractivity contribution in [2.75, 3.05) is 18.0 Å². The number of nitrogens with two attached hydrogens (primary N) is 1. The Labute approximate surface area is 127 Å². The Hall–Kier alpha value is -1.37. The Bertz CT molecular complexity index is 509. The minimum absolute atomic E-state index is 0.0771. The number of anilines is 1. The van der Waals surface area contributed by atoms with Crippen molar-refractivity contribution in [3.63, 3.8) is 0 Å². The molecule has 2 N–H and O–H groups in total. The molecule has 1 aromatic heterocycles. The molecular formula is C14H18F3N3S. The number of thiocarbonyl (C=S) groups is 1. The molecule has 0 unspecified atom stereocenters. The molecule has 2 heterocycles. The van der Waals surface area contributed by atoms with Crippen LogP contribution in [0.15, 0.2) is 12.1 Å². The summed E-state index contributed by atoms with van der Waals surface area (Å²) < 4.78 is 38.6. The average Bonchev–Trinajstić information content (AvgIpc) is 2.36. The molecule has 0 aromatic carbocycles. The maximum absolute atomic E-state index is 12.9. The topological polar surface area (TPSA) is 42.1 Å². The predicted octanol–water partition coefficient (Wildman–Crippen LogP) is 3.51. The molecule has 1 aromatic rings. The Morgan fingerprint density at radius 3 is 2.19 bits per heavy atom. The summed E-state index contributed by atoms with van der Waals surface area (Å²) in [4.78, 5) is 5.75. The minimum atomic E-state index is -4.47. The lowest BCUT2D eigenvalue weighted by atomic mass is 10.1. The summed E-state index contributed by atoms with van der Waals surface area (Å²) in [7, 11) is 0. The van der Waals surface area contributed by atoms with Gasteiger partial charge in [0, 0.05) is 13.1 Å². The average molecular weight is 317 g/mol. The fraction of sp³-hybridized carbons (Fsp3) is 0.571. The molecule has 1 saturated heterocycles. The molecule has 0 spiro atoms. The zero-order chi connectivity index (χ0) is 15.5. The van der Waals surface area contributed by atoms with E-state index in [9.17, 15) is 13.2 Å². The molecule has 21 heavy (non-hydrogen) atoms. The normalized spacial score (nSPS) is 17.2. The highest BCUT2D eigenvalue weighted by molar-refractivity contribution is 7.80. The minimum Gasteiger partial charge on any atom is -0.389 e. The van der Waals surface area contributed by atoms with E-state index >= 15 is 0 Å². The molecule has 0 saturated carbocycles. The lowest BCUT2D eigenvalue weighted by molar-refractivity contribution is -0.141. The van der Waals surface area contributed by atoms with E-state index in [1.54, 1.807) is 0 Å². The number of aromatic nitrogens is 1. The molecule has 0 radical (unpaired) electrons. The fourth-order valence-electron chi connectivity index (χ4n) is 2.50. The van der Waals surface area contributed by atoms with E-state index < -0.39 is 11.9 Å². The summed E-state index contributed by atoms with van der Waals surface area (Å²) in [5, 5.41) is 0. The van der Waals surface area contributed by atoms with Gasteiger partial charge in [0.2, 0.25) is 0 Å². The van der Waals surface area contributed by atoms with Crippen LogP contribution in [0.1, 0.15) is 43.4 Å². The van der Waals surface area contributed by atoms with Crippen molar-refractivity contribution >= 4 is 23.0 Å². The van der Waals surface area contributed by atoms with Crippen LogP contribution in [0, 0.1) is 0 Å². The molecule has 2 rings (SSSR count). The van der Waals surface area contributed by atoms with E-state index in [2.05, 4.69) is 4.98 Å². The first kappa shape index (κ1) is 16.0. The molecule has 0 aliphatic carbocycles. The molecule has 1 aliphatic heterocycles. The Morgan fingerprint density at radius 1 is 1.10 bits per heavy atom. The zero-order valence-electron chi connectivity index (χ0n) is 11.6. The fourth-order valence-corrected chi connectivity index (χ4v) is 2.66. The first-order chi connectivity index (χ1) is 9.89. The van der Waals surface area contributed by atoms with Gasteiger partial charge in [0.15, 0.2) is 0 Å². The van der Waals surface area contributed by atoms with Gasteiger partial charge in [-0.1, -0.05) is 31.5 Å². The van der Waals surface area contributed by atoms with Gasteiger partial charge in [-0.05, 0) is 25.0 Å². The van der Waals surface area contributed by atoms with Crippen molar-refractivity contribution in [3.8, 4) is 0 Å². The molecule has 1 aliphatic rings. The van der Waals surface area contributed by atoms with Crippen molar-refractivity contribution in [2.24, 2.45) is 5.73 Å². The molecule has 1 fully saturated rings. The van der Waals surface area contributed by atoms with E-state index in [4.69, 9.17) is 18.0 Å². The summed E-state index contributed by atoms with van der Waals surface area (Å²) in [6.07, 6.45) is 0.747. The molecule has 3 nitrogen and oxygen atoms in total. The van der Waals surface area contributed by atoms with E-state index in [1.807, 2.05) is 4.90 Å². The Kier molecular flexibility index (Phi) is 5.03. The molecule has 7 heteroatoms. The lowest BCUT2D eigenvalue weighted by Crippen LogP contribution is -2.31. The first-order valence-electron chi connectivity index (χ1n) is 7.02. The second-order valence-electron chi connectivity index (χ2n) is 5.18. The van der Waals surface area contributed by atoms with Crippen LogP contribution in [0.3, 0.4) is 0 Å². The number of hydrogen-bond acceptors (Lipinski definition) is 3. The molecular weight excluding hydrogens is 299 g/mol. The van der Waals surface area contributed by atoms with Gasteiger partial charge >= 0.3 is 6.18 Å². The van der Waals surface area contributed by atoms with Gasteiger partial charge in [-0.2, -0.15) is 13.2 Å². The van der Waals surface area contributed by atoms with Crippen molar-refractivity contribution in [1.29, 1.82) is 0 Å². The van der Waals surface area contributed by atoms with Crippen molar-refractivity contribution in [3.05, 3.63) is 23.4 Å². The van der Waals surface area contributed by atoms with E-state index in [0.29, 0.717) is 18.7 Å². The Morgan fingerprint density at radius 2 is 1.67 bits per heavy atom. The third-order valence-corrected chi connectivity index (χ3v) is 3.81. The van der Waals surface area contributed by atoms with Gasteiger partial charge in [0.25, 0.3) is 0 Å².